The van der Waals surface area contributed by atoms with Crippen LogP contribution in [0.4, 0.5) is 4.39 Å². The highest BCUT2D eigenvalue weighted by atomic mass is 79.9. The maximum atomic E-state index is 13.8. The van der Waals surface area contributed by atoms with Gasteiger partial charge in [0.25, 0.3) is 5.56 Å². The number of nitrogens with zero attached hydrogens (tertiary/aromatic N) is 1. The second-order valence-electron chi connectivity index (χ2n) is 4.20. The van der Waals surface area contributed by atoms with Crippen LogP contribution in [0.2, 0.25) is 5.02 Å². The van der Waals surface area contributed by atoms with E-state index in [1.165, 1.54) is 18.2 Å². The van der Waals surface area contributed by atoms with E-state index < -0.39 is 5.82 Å². The van der Waals surface area contributed by atoms with Crippen molar-refractivity contribution in [3.8, 4) is 5.69 Å². The molecule has 0 unspecified atom stereocenters. The van der Waals surface area contributed by atoms with Gasteiger partial charge in [0.1, 0.15) is 16.0 Å². The molecule has 18 heavy (non-hydrogen) atoms. The number of aromatic nitrogens is 2. The summed E-state index contributed by atoms with van der Waals surface area (Å²) in [6, 6.07) is 4.29. The molecule has 0 atom stereocenters. The Balaban J connectivity index is 2.73. The van der Waals surface area contributed by atoms with Crippen molar-refractivity contribution in [3.05, 3.63) is 49.6 Å². The number of hydrogen-bond donors (Lipinski definition) is 1. The van der Waals surface area contributed by atoms with Crippen LogP contribution in [0, 0.1) is 5.82 Å². The first-order valence-corrected chi connectivity index (χ1v) is 6.55. The van der Waals surface area contributed by atoms with Gasteiger partial charge in [-0.15, -0.1) is 0 Å². The third-order valence-electron chi connectivity index (χ3n) is 2.60. The smallest absolute Gasteiger partial charge is 0.285 e. The first-order chi connectivity index (χ1) is 8.43. The quantitative estimate of drug-likeness (QED) is 0.891. The number of rotatable bonds is 2. The summed E-state index contributed by atoms with van der Waals surface area (Å²) in [7, 11) is 0. The third-order valence-corrected chi connectivity index (χ3v) is 3.67. The molecule has 1 aromatic carbocycles. The molecule has 1 heterocycles. The van der Waals surface area contributed by atoms with Crippen molar-refractivity contribution >= 4 is 27.5 Å². The molecule has 0 aliphatic carbocycles. The standard InChI is InChI=1S/C12H11BrClFN2O/c1-6(2)10-9(13)12(18)17(16-10)11-7(14)4-3-5-8(11)15/h3-6,16H,1-2H3. The Morgan fingerprint density at radius 2 is 2.11 bits per heavy atom. The zero-order chi connectivity index (χ0) is 13.4. The SMILES string of the molecule is CC(C)c1[nH]n(-c2c(F)cccc2Cl)c(=O)c1Br. The Kier molecular flexibility index (Phi) is 3.64. The van der Waals surface area contributed by atoms with E-state index in [0.29, 0.717) is 10.2 Å². The number of para-hydroxylation sites is 1. The van der Waals surface area contributed by atoms with E-state index in [4.69, 9.17) is 11.6 Å². The molecule has 1 N–H and O–H groups in total. The zero-order valence-corrected chi connectivity index (χ0v) is 12.1. The van der Waals surface area contributed by atoms with E-state index >= 15 is 0 Å². The highest BCUT2D eigenvalue weighted by molar-refractivity contribution is 9.10. The monoisotopic (exact) mass is 332 g/mol. The third kappa shape index (κ3) is 2.12. The molecule has 3 nitrogen and oxygen atoms in total. The highest BCUT2D eigenvalue weighted by Crippen LogP contribution is 2.25. The van der Waals surface area contributed by atoms with Crippen molar-refractivity contribution in [2.45, 2.75) is 19.8 Å². The van der Waals surface area contributed by atoms with Gasteiger partial charge in [0, 0.05) is 0 Å². The van der Waals surface area contributed by atoms with Gasteiger partial charge in [0.2, 0.25) is 0 Å². The molecule has 0 bridgehead atoms. The van der Waals surface area contributed by atoms with Crippen LogP contribution in [0.3, 0.4) is 0 Å². The number of nitrogens with one attached hydrogen (secondary N) is 1. The van der Waals surface area contributed by atoms with Crippen LogP contribution < -0.4 is 5.56 Å². The van der Waals surface area contributed by atoms with Crippen molar-refractivity contribution < 1.29 is 4.39 Å². The van der Waals surface area contributed by atoms with Crippen LogP contribution in [0.15, 0.2) is 27.5 Å². The molecule has 1 aromatic heterocycles. The molecular formula is C12H11BrClFN2O. The molecule has 96 valence electrons. The minimum Gasteiger partial charge on any atom is -0.293 e. The van der Waals surface area contributed by atoms with Crippen molar-refractivity contribution in [1.29, 1.82) is 0 Å². The number of halogens is 3. The lowest BCUT2D eigenvalue weighted by atomic mass is 10.1. The molecule has 6 heteroatoms. The van der Waals surface area contributed by atoms with E-state index in [0.717, 1.165) is 4.68 Å². The molecule has 0 spiro atoms. The first kappa shape index (κ1) is 13.4. The van der Waals surface area contributed by atoms with E-state index in [1.807, 2.05) is 13.8 Å². The fourth-order valence-electron chi connectivity index (χ4n) is 1.68. The van der Waals surface area contributed by atoms with Crippen molar-refractivity contribution in [3.63, 3.8) is 0 Å². The Hall–Kier alpha value is -1.07. The molecule has 0 radical (unpaired) electrons. The number of hydrogen-bond acceptors (Lipinski definition) is 1. The molecule has 0 saturated carbocycles. The maximum Gasteiger partial charge on any atom is 0.285 e. The van der Waals surface area contributed by atoms with Crippen molar-refractivity contribution in [1.82, 2.24) is 9.78 Å². The molecular weight excluding hydrogens is 322 g/mol. The Labute approximate surface area is 117 Å². The molecule has 2 rings (SSSR count). The van der Waals surface area contributed by atoms with Crippen LogP contribution >= 0.6 is 27.5 Å². The molecule has 0 aliphatic heterocycles. The summed E-state index contributed by atoms with van der Waals surface area (Å²) < 4.78 is 15.3. The van der Waals surface area contributed by atoms with Crippen molar-refractivity contribution in [2.75, 3.05) is 0 Å². The Morgan fingerprint density at radius 3 is 2.61 bits per heavy atom. The summed E-state index contributed by atoms with van der Waals surface area (Å²) >= 11 is 9.16. The molecule has 0 fully saturated rings. The van der Waals surface area contributed by atoms with Crippen LogP contribution in [0.1, 0.15) is 25.5 Å². The summed E-state index contributed by atoms with van der Waals surface area (Å²) in [5, 5.41) is 3.06. The Morgan fingerprint density at radius 1 is 1.44 bits per heavy atom. The topological polar surface area (TPSA) is 37.8 Å². The molecule has 2 aromatic rings. The predicted octanol–water partition coefficient (Wildman–Crippen LogP) is 3.84. The lowest BCUT2D eigenvalue weighted by molar-refractivity contribution is 0.606. The van der Waals surface area contributed by atoms with Crippen LogP contribution in [-0.4, -0.2) is 9.78 Å². The maximum absolute atomic E-state index is 13.8. The normalized spacial score (nSPS) is 11.2. The molecule has 0 saturated heterocycles. The van der Waals surface area contributed by atoms with Crippen LogP contribution in [0.5, 0.6) is 0 Å². The van der Waals surface area contributed by atoms with Crippen molar-refractivity contribution in [2.24, 2.45) is 0 Å². The summed E-state index contributed by atoms with van der Waals surface area (Å²) in [5.74, 6) is -0.437. The van der Waals surface area contributed by atoms with Gasteiger partial charge in [-0.2, -0.15) is 0 Å². The lowest BCUT2D eigenvalue weighted by Gasteiger charge is -2.06. The fraction of sp³-hybridized carbons (Fsp3) is 0.250. The summed E-state index contributed by atoms with van der Waals surface area (Å²) in [4.78, 5) is 12.1. The summed E-state index contributed by atoms with van der Waals surface area (Å²) in [6.45, 7) is 3.87. The average molecular weight is 334 g/mol. The molecule has 0 amide bonds. The number of aromatic amines is 1. The minimum atomic E-state index is -0.548. The largest absolute Gasteiger partial charge is 0.293 e. The van der Waals surface area contributed by atoms with Gasteiger partial charge in [0.15, 0.2) is 0 Å². The van der Waals surface area contributed by atoms with Gasteiger partial charge in [0.05, 0.1) is 10.7 Å². The van der Waals surface area contributed by atoms with Gasteiger partial charge in [-0.3, -0.25) is 9.89 Å². The van der Waals surface area contributed by atoms with E-state index in [-0.39, 0.29) is 22.2 Å². The number of benzene rings is 1. The summed E-state index contributed by atoms with van der Waals surface area (Å²) in [5.41, 5.74) is 0.391. The second-order valence-corrected chi connectivity index (χ2v) is 5.41. The van der Waals surface area contributed by atoms with E-state index in [1.54, 1.807) is 0 Å². The fourth-order valence-corrected chi connectivity index (χ4v) is 2.65. The lowest BCUT2D eigenvalue weighted by Crippen LogP contribution is -2.16. The van der Waals surface area contributed by atoms with E-state index in [2.05, 4.69) is 21.0 Å². The number of H-pyrrole nitrogens is 1. The second kappa shape index (κ2) is 4.90. The van der Waals surface area contributed by atoms with Gasteiger partial charge >= 0.3 is 0 Å². The summed E-state index contributed by atoms with van der Waals surface area (Å²) in [6.07, 6.45) is 0. The first-order valence-electron chi connectivity index (χ1n) is 5.38. The Bertz CT molecular complexity index is 628. The van der Waals surface area contributed by atoms with Gasteiger partial charge in [-0.05, 0) is 34.0 Å². The molecule has 0 aliphatic rings. The van der Waals surface area contributed by atoms with Gasteiger partial charge < -0.3 is 0 Å². The minimum absolute atomic E-state index is 0.0387. The average Bonchev–Trinajstić information content (AvgIpc) is 2.57. The highest BCUT2D eigenvalue weighted by Gasteiger charge is 2.18. The van der Waals surface area contributed by atoms with Crippen LogP contribution in [0.25, 0.3) is 5.69 Å². The van der Waals surface area contributed by atoms with Gasteiger partial charge in [-0.25, -0.2) is 9.07 Å². The predicted molar refractivity (Wildman–Crippen MR) is 73.1 cm³/mol. The zero-order valence-electron chi connectivity index (χ0n) is 9.80. The van der Waals surface area contributed by atoms with Gasteiger partial charge in [-0.1, -0.05) is 31.5 Å². The van der Waals surface area contributed by atoms with Crippen LogP contribution in [-0.2, 0) is 0 Å². The van der Waals surface area contributed by atoms with E-state index in [9.17, 15) is 9.18 Å².